The van der Waals surface area contributed by atoms with Crippen LogP contribution in [0, 0.1) is 6.92 Å². The maximum Gasteiger partial charge on any atom is 0.233 e. The molecular formula is C25H24ClN3O3S. The maximum absolute atomic E-state index is 13.3. The molecule has 0 radical (unpaired) electrons. The molecule has 6 nitrogen and oxygen atoms in total. The van der Waals surface area contributed by atoms with E-state index in [0.717, 1.165) is 34.7 Å². The average Bonchev–Trinajstić information content (AvgIpc) is 3.47. The molecule has 0 saturated carbocycles. The molecule has 1 atom stereocenters. The molecule has 0 aliphatic carbocycles. The van der Waals surface area contributed by atoms with Crippen molar-refractivity contribution in [1.82, 2.24) is 9.88 Å². The Hall–Kier alpha value is -2.90. The van der Waals surface area contributed by atoms with Crippen LogP contribution in [-0.2, 0) is 21.4 Å². The van der Waals surface area contributed by atoms with Crippen molar-refractivity contribution in [1.29, 1.82) is 0 Å². The fourth-order valence-electron chi connectivity index (χ4n) is 4.83. The van der Waals surface area contributed by atoms with Gasteiger partial charge in [0.1, 0.15) is 20.8 Å². The second kappa shape index (κ2) is 8.47. The summed E-state index contributed by atoms with van der Waals surface area (Å²) >= 11 is 7.33. The third-order valence-electron chi connectivity index (χ3n) is 6.44. The lowest BCUT2D eigenvalue weighted by atomic mass is 9.81. The van der Waals surface area contributed by atoms with Crippen LogP contribution in [0.5, 0.6) is 11.5 Å². The average molecular weight is 482 g/mol. The van der Waals surface area contributed by atoms with Gasteiger partial charge in [0.15, 0.2) is 0 Å². The Morgan fingerprint density at radius 3 is 2.70 bits per heavy atom. The van der Waals surface area contributed by atoms with Crippen molar-refractivity contribution in [2.75, 3.05) is 24.5 Å². The quantitative estimate of drug-likeness (QED) is 0.527. The second-order valence-electron chi connectivity index (χ2n) is 8.78. The van der Waals surface area contributed by atoms with Crippen LogP contribution in [0.3, 0.4) is 0 Å². The minimum Gasteiger partial charge on any atom is -0.457 e. The molecule has 1 unspecified atom stereocenters. The number of hydrogen-bond acceptors (Lipinski definition) is 5. The van der Waals surface area contributed by atoms with Gasteiger partial charge in [-0.2, -0.15) is 0 Å². The summed E-state index contributed by atoms with van der Waals surface area (Å²) in [6.45, 7) is 5.44. The Balaban J connectivity index is 1.48. The van der Waals surface area contributed by atoms with Crippen LogP contribution in [-0.4, -0.2) is 41.3 Å². The first-order valence-electron chi connectivity index (χ1n) is 10.9. The van der Waals surface area contributed by atoms with Crippen LogP contribution >= 0.6 is 22.9 Å². The van der Waals surface area contributed by atoms with E-state index in [1.165, 1.54) is 11.3 Å². The maximum atomic E-state index is 13.3. The van der Waals surface area contributed by atoms with Crippen LogP contribution in [0.15, 0.2) is 48.7 Å². The van der Waals surface area contributed by atoms with Gasteiger partial charge in [-0.3, -0.25) is 9.59 Å². The molecular weight excluding hydrogens is 458 g/mol. The number of likely N-dealkylation sites (tertiary alicyclic amines) is 1. The number of ether oxygens (including phenoxy) is 1. The predicted molar refractivity (Wildman–Crippen MR) is 129 cm³/mol. The van der Waals surface area contributed by atoms with Gasteiger partial charge in [-0.25, -0.2) is 4.98 Å². The number of rotatable bonds is 4. The number of benzene rings is 2. The molecule has 2 aliphatic rings. The van der Waals surface area contributed by atoms with Gasteiger partial charge in [0.05, 0.1) is 12.6 Å². The summed E-state index contributed by atoms with van der Waals surface area (Å²) in [5, 5.41) is 0.698. The van der Waals surface area contributed by atoms with Gasteiger partial charge < -0.3 is 14.5 Å². The molecule has 0 N–H and O–H groups in total. The van der Waals surface area contributed by atoms with Crippen LogP contribution in [0.25, 0.3) is 0 Å². The summed E-state index contributed by atoms with van der Waals surface area (Å²) in [7, 11) is 0. The largest absolute Gasteiger partial charge is 0.457 e. The van der Waals surface area contributed by atoms with Crippen molar-refractivity contribution >= 4 is 40.4 Å². The molecule has 8 heteroatoms. The standard InChI is InChI=1S/C25H24ClN3O3S/c1-16-4-3-5-18(10-16)32-19-6-7-21-20(11-19)25(8-9-28(14-25)17(2)30)15-29(21)24(31)12-23-27-13-22(26)33-23/h3-7,10-11,13H,8-9,12,14-15H2,1-2H3. The van der Waals surface area contributed by atoms with Crippen molar-refractivity contribution in [2.45, 2.75) is 32.1 Å². The monoisotopic (exact) mass is 481 g/mol. The second-order valence-corrected chi connectivity index (χ2v) is 10.5. The topological polar surface area (TPSA) is 62.7 Å². The lowest BCUT2D eigenvalue weighted by Crippen LogP contribution is -2.40. The van der Waals surface area contributed by atoms with Crippen LogP contribution in [0.1, 0.15) is 29.5 Å². The first-order valence-corrected chi connectivity index (χ1v) is 12.1. The van der Waals surface area contributed by atoms with Crippen LogP contribution in [0.4, 0.5) is 5.69 Å². The number of halogens is 1. The van der Waals surface area contributed by atoms with E-state index in [1.54, 1.807) is 13.1 Å². The summed E-state index contributed by atoms with van der Waals surface area (Å²) in [4.78, 5) is 33.3. The number of carbonyl (C=O) groups is 2. The molecule has 5 rings (SSSR count). The Morgan fingerprint density at radius 1 is 1.18 bits per heavy atom. The third-order valence-corrected chi connectivity index (χ3v) is 7.56. The van der Waals surface area contributed by atoms with Gasteiger partial charge in [0, 0.05) is 37.7 Å². The predicted octanol–water partition coefficient (Wildman–Crippen LogP) is 4.98. The Kier molecular flexibility index (Phi) is 5.62. The smallest absolute Gasteiger partial charge is 0.233 e. The van der Waals surface area contributed by atoms with Crippen molar-refractivity contribution in [3.63, 3.8) is 0 Å². The van der Waals surface area contributed by atoms with E-state index in [4.69, 9.17) is 16.3 Å². The normalized spacial score (nSPS) is 19.2. The zero-order valence-electron chi connectivity index (χ0n) is 18.5. The van der Waals surface area contributed by atoms with E-state index in [0.29, 0.717) is 29.0 Å². The summed E-state index contributed by atoms with van der Waals surface area (Å²) in [5.74, 6) is 1.53. The van der Waals surface area contributed by atoms with Crippen molar-refractivity contribution in [2.24, 2.45) is 0 Å². The van der Waals surface area contributed by atoms with Gasteiger partial charge in [-0.1, -0.05) is 23.7 Å². The minimum absolute atomic E-state index is 0.0206. The van der Waals surface area contributed by atoms with E-state index in [2.05, 4.69) is 4.98 Å². The summed E-state index contributed by atoms with van der Waals surface area (Å²) in [6, 6.07) is 13.8. The van der Waals surface area contributed by atoms with Gasteiger partial charge in [-0.05, 0) is 54.8 Å². The van der Waals surface area contributed by atoms with E-state index in [9.17, 15) is 9.59 Å². The Bertz CT molecular complexity index is 1240. The van der Waals surface area contributed by atoms with E-state index >= 15 is 0 Å². The van der Waals surface area contributed by atoms with Gasteiger partial charge >= 0.3 is 0 Å². The molecule has 170 valence electrons. The first-order chi connectivity index (χ1) is 15.8. The van der Waals surface area contributed by atoms with Crippen molar-refractivity contribution < 1.29 is 14.3 Å². The number of nitrogens with zero attached hydrogens (tertiary/aromatic N) is 3. The first kappa shape index (κ1) is 21.9. The van der Waals surface area contributed by atoms with Gasteiger partial charge in [0.2, 0.25) is 11.8 Å². The highest BCUT2D eigenvalue weighted by atomic mass is 35.5. The van der Waals surface area contributed by atoms with E-state index < -0.39 is 0 Å². The number of anilines is 1. The van der Waals surface area contributed by atoms with Gasteiger partial charge in [-0.15, -0.1) is 11.3 Å². The Morgan fingerprint density at radius 2 is 2.00 bits per heavy atom. The zero-order valence-corrected chi connectivity index (χ0v) is 20.1. The van der Waals surface area contributed by atoms with Crippen molar-refractivity contribution in [3.05, 3.63) is 69.1 Å². The molecule has 2 aliphatic heterocycles. The molecule has 1 spiro atoms. The summed E-state index contributed by atoms with van der Waals surface area (Å²) < 4.78 is 6.72. The molecule has 0 bridgehead atoms. The van der Waals surface area contributed by atoms with E-state index in [-0.39, 0.29) is 23.7 Å². The zero-order chi connectivity index (χ0) is 23.2. The third kappa shape index (κ3) is 4.23. The summed E-state index contributed by atoms with van der Waals surface area (Å²) in [5.41, 5.74) is 2.76. The molecule has 1 fully saturated rings. The van der Waals surface area contributed by atoms with Gasteiger partial charge in [0.25, 0.3) is 0 Å². The lowest BCUT2D eigenvalue weighted by Gasteiger charge is -2.25. The highest BCUT2D eigenvalue weighted by molar-refractivity contribution is 7.15. The number of aryl methyl sites for hydroxylation is 1. The highest BCUT2D eigenvalue weighted by Crippen LogP contribution is 2.48. The molecule has 1 aromatic heterocycles. The SMILES string of the molecule is CC(=O)N1CCC2(C1)CN(C(=O)Cc1ncc(Cl)s1)c1ccc(Oc3cccc(C)c3)cc12. The number of thiazole rings is 1. The fourth-order valence-corrected chi connectivity index (χ4v) is 5.78. The highest BCUT2D eigenvalue weighted by Gasteiger charge is 2.49. The molecule has 33 heavy (non-hydrogen) atoms. The number of aromatic nitrogens is 1. The molecule has 3 heterocycles. The van der Waals surface area contributed by atoms with Crippen LogP contribution in [0.2, 0.25) is 4.34 Å². The molecule has 2 aromatic carbocycles. The lowest BCUT2D eigenvalue weighted by molar-refractivity contribution is -0.127. The number of hydrogen-bond donors (Lipinski definition) is 0. The Labute approximate surface area is 201 Å². The molecule has 2 amide bonds. The summed E-state index contributed by atoms with van der Waals surface area (Å²) in [6.07, 6.45) is 2.58. The van der Waals surface area contributed by atoms with E-state index in [1.807, 2.05) is 59.2 Å². The number of amides is 2. The van der Waals surface area contributed by atoms with Crippen LogP contribution < -0.4 is 9.64 Å². The minimum atomic E-state index is -0.302. The number of fused-ring (bicyclic) bond motifs is 2. The number of carbonyl (C=O) groups excluding carboxylic acids is 2. The van der Waals surface area contributed by atoms with Crippen molar-refractivity contribution in [3.8, 4) is 11.5 Å². The molecule has 1 saturated heterocycles. The fraction of sp³-hybridized carbons (Fsp3) is 0.320. The molecule has 3 aromatic rings.